The van der Waals surface area contributed by atoms with Crippen molar-refractivity contribution in [1.82, 2.24) is 0 Å². The molecule has 0 aliphatic carbocycles. The minimum atomic E-state index is -2.12. The number of hydrogen-bond donors (Lipinski definition) is 0. The topological polar surface area (TPSA) is 6.48 Å². The molecule has 3 rings (SSSR count). The fraction of sp³-hybridized carbons (Fsp3) is 0.381. The first-order valence-electron chi connectivity index (χ1n) is 8.78. The average molecular weight is 478 g/mol. The Morgan fingerprint density at radius 2 is 0.962 bits per heavy atom. The van der Waals surface area contributed by atoms with E-state index in [9.17, 15) is 0 Å². The summed E-state index contributed by atoms with van der Waals surface area (Å²) in [6, 6.07) is 8.96. The van der Waals surface area contributed by atoms with Gasteiger partial charge in [0.2, 0.25) is 0 Å². The zero-order chi connectivity index (χ0) is 19.2. The third kappa shape index (κ3) is 3.59. The molecular formula is C21H26Cl2N2Ru. The molecule has 0 N–H and O–H groups in total. The number of halogens is 2. The average Bonchev–Trinajstić information content (AvgIpc) is 2.89. The van der Waals surface area contributed by atoms with E-state index >= 15 is 0 Å². The molecule has 1 aliphatic rings. The van der Waals surface area contributed by atoms with Crippen molar-refractivity contribution in [1.29, 1.82) is 0 Å². The van der Waals surface area contributed by atoms with E-state index in [4.69, 9.17) is 19.4 Å². The Bertz CT molecular complexity index is 787. The van der Waals surface area contributed by atoms with Crippen LogP contribution in [0.25, 0.3) is 0 Å². The van der Waals surface area contributed by atoms with Gasteiger partial charge in [0.05, 0.1) is 0 Å². The number of nitrogens with zero attached hydrogens (tertiary/aromatic N) is 2. The number of benzene rings is 2. The first kappa shape index (κ1) is 19.9. The molecule has 1 heterocycles. The molecule has 5 heteroatoms. The molecule has 1 aliphatic heterocycles. The van der Waals surface area contributed by atoms with Crippen molar-refractivity contribution in [2.75, 3.05) is 22.9 Å². The Morgan fingerprint density at radius 1 is 0.654 bits per heavy atom. The van der Waals surface area contributed by atoms with Crippen LogP contribution in [0, 0.1) is 41.5 Å². The standard InChI is InChI=1S/C21H26N2.2ClH.Ru/c1-14-9-16(3)20(17(4)10-14)22-7-8-23(13-22)21-18(5)11-15(2)12-19(21)6;;;/h9-12H,7-8H2,1-6H3;2*1H;/q;;;+2/p-2. The molecule has 142 valence electrons. The number of aryl methyl sites for hydroxylation is 6. The monoisotopic (exact) mass is 478 g/mol. The van der Waals surface area contributed by atoms with Crippen molar-refractivity contribution in [3.05, 3.63) is 57.6 Å². The van der Waals surface area contributed by atoms with Gasteiger partial charge in [-0.1, -0.05) is 0 Å². The number of rotatable bonds is 2. The molecule has 0 unspecified atom stereocenters. The van der Waals surface area contributed by atoms with Crippen LogP contribution < -0.4 is 9.80 Å². The van der Waals surface area contributed by atoms with Crippen molar-refractivity contribution in [2.24, 2.45) is 0 Å². The first-order chi connectivity index (χ1) is 12.2. The first-order valence-corrected chi connectivity index (χ1v) is 14.1. The van der Waals surface area contributed by atoms with Crippen LogP contribution in [0.1, 0.15) is 33.4 Å². The van der Waals surface area contributed by atoms with Crippen LogP contribution >= 0.6 is 19.4 Å². The molecule has 0 amide bonds. The Kier molecular flexibility index (Phi) is 5.82. The molecule has 0 saturated carbocycles. The molecule has 0 atom stereocenters. The molecule has 0 bridgehead atoms. The van der Waals surface area contributed by atoms with Gasteiger partial charge in [-0.3, -0.25) is 0 Å². The van der Waals surface area contributed by atoms with Gasteiger partial charge in [-0.2, -0.15) is 0 Å². The third-order valence-electron chi connectivity index (χ3n) is 4.91. The molecular weight excluding hydrogens is 452 g/mol. The minimum absolute atomic E-state index is 0.914. The summed E-state index contributed by atoms with van der Waals surface area (Å²) in [6.07, 6.45) is 0. The molecule has 0 spiro atoms. The van der Waals surface area contributed by atoms with Crippen LogP contribution in [-0.2, 0) is 13.5 Å². The van der Waals surface area contributed by atoms with Crippen LogP contribution in [0.2, 0.25) is 0 Å². The molecule has 1 fully saturated rings. The van der Waals surface area contributed by atoms with Crippen molar-refractivity contribution in [3.8, 4) is 0 Å². The quantitative estimate of drug-likeness (QED) is 0.498. The van der Waals surface area contributed by atoms with Gasteiger partial charge in [-0.15, -0.1) is 0 Å². The SMILES string of the molecule is Cc1cc(C)c(N2CCN(c3c(C)cc(C)cc3C)[C]2=[Ru]([Cl])[Cl])c(C)c1. The van der Waals surface area contributed by atoms with E-state index in [1.165, 1.54) is 44.8 Å². The second-order valence-electron chi connectivity index (χ2n) is 7.24. The van der Waals surface area contributed by atoms with E-state index in [2.05, 4.69) is 75.6 Å². The van der Waals surface area contributed by atoms with Crippen LogP contribution in [0.3, 0.4) is 0 Å². The van der Waals surface area contributed by atoms with Gasteiger partial charge in [-0.25, -0.2) is 0 Å². The summed E-state index contributed by atoms with van der Waals surface area (Å²) in [5.74, 6) is 0. The molecule has 2 aromatic rings. The number of hydrogen-bond acceptors (Lipinski definition) is 2. The summed E-state index contributed by atoms with van der Waals surface area (Å²) in [5.41, 5.74) is 10.2. The summed E-state index contributed by atoms with van der Waals surface area (Å²) >= 11 is -2.12. The molecule has 1 saturated heterocycles. The molecule has 0 radical (unpaired) electrons. The van der Waals surface area contributed by atoms with Gasteiger partial charge < -0.3 is 0 Å². The molecule has 0 aromatic heterocycles. The van der Waals surface area contributed by atoms with Crippen LogP contribution in [0.4, 0.5) is 11.4 Å². The summed E-state index contributed by atoms with van der Waals surface area (Å²) in [7, 11) is 13.3. The van der Waals surface area contributed by atoms with E-state index in [1.54, 1.807) is 0 Å². The normalized spacial score (nSPS) is 15.1. The molecule has 2 aromatic carbocycles. The summed E-state index contributed by atoms with van der Waals surface area (Å²) < 4.78 is 1.10. The van der Waals surface area contributed by atoms with Crippen molar-refractivity contribution < 1.29 is 13.5 Å². The van der Waals surface area contributed by atoms with Crippen molar-refractivity contribution in [2.45, 2.75) is 41.5 Å². The second-order valence-corrected chi connectivity index (χ2v) is 12.9. The Labute approximate surface area is 170 Å². The Balaban J connectivity index is 2.13. The van der Waals surface area contributed by atoms with Gasteiger partial charge in [0, 0.05) is 0 Å². The van der Waals surface area contributed by atoms with Gasteiger partial charge >= 0.3 is 171 Å². The van der Waals surface area contributed by atoms with Crippen molar-refractivity contribution >= 4 is 35.1 Å². The zero-order valence-electron chi connectivity index (χ0n) is 16.2. The van der Waals surface area contributed by atoms with Crippen molar-refractivity contribution in [3.63, 3.8) is 0 Å². The van der Waals surface area contributed by atoms with Crippen LogP contribution in [0.5, 0.6) is 0 Å². The fourth-order valence-electron chi connectivity index (χ4n) is 4.27. The second kappa shape index (κ2) is 7.62. The predicted octanol–water partition coefficient (Wildman–Crippen LogP) is 5.88. The van der Waals surface area contributed by atoms with E-state index < -0.39 is 13.5 Å². The molecule has 26 heavy (non-hydrogen) atoms. The van der Waals surface area contributed by atoms with Gasteiger partial charge in [0.25, 0.3) is 0 Å². The maximum absolute atomic E-state index is 6.63. The van der Waals surface area contributed by atoms with E-state index in [0.717, 1.165) is 17.4 Å². The zero-order valence-corrected chi connectivity index (χ0v) is 19.5. The maximum atomic E-state index is 6.63. The van der Waals surface area contributed by atoms with Crippen LogP contribution in [-0.4, -0.2) is 17.4 Å². The Hall–Kier alpha value is -0.887. The fourth-order valence-corrected chi connectivity index (χ4v) is 7.46. The van der Waals surface area contributed by atoms with E-state index in [1.807, 2.05) is 0 Å². The van der Waals surface area contributed by atoms with Gasteiger partial charge in [0.1, 0.15) is 0 Å². The summed E-state index contributed by atoms with van der Waals surface area (Å²) in [5, 5.41) is 0. The summed E-state index contributed by atoms with van der Waals surface area (Å²) in [6.45, 7) is 14.8. The molecule has 2 nitrogen and oxygen atoms in total. The summed E-state index contributed by atoms with van der Waals surface area (Å²) in [4.78, 5) is 4.73. The van der Waals surface area contributed by atoms with E-state index in [0.29, 0.717) is 0 Å². The predicted molar refractivity (Wildman–Crippen MR) is 113 cm³/mol. The third-order valence-corrected chi connectivity index (χ3v) is 7.85. The van der Waals surface area contributed by atoms with Gasteiger partial charge in [0.15, 0.2) is 0 Å². The van der Waals surface area contributed by atoms with Gasteiger partial charge in [-0.05, 0) is 0 Å². The van der Waals surface area contributed by atoms with Crippen LogP contribution in [0.15, 0.2) is 24.3 Å². The number of anilines is 2. The van der Waals surface area contributed by atoms with E-state index in [-0.39, 0.29) is 0 Å². The Morgan fingerprint density at radius 3 is 1.23 bits per heavy atom.